The van der Waals surface area contributed by atoms with Gasteiger partial charge in [-0.15, -0.1) is 11.8 Å². The van der Waals surface area contributed by atoms with E-state index in [0.29, 0.717) is 34.1 Å². The van der Waals surface area contributed by atoms with Gasteiger partial charge in [-0.3, -0.25) is 4.79 Å². The number of anilines is 2. The fourth-order valence-electron chi connectivity index (χ4n) is 2.65. The molecule has 27 heavy (non-hydrogen) atoms. The first-order chi connectivity index (χ1) is 12.9. The van der Waals surface area contributed by atoms with E-state index in [9.17, 15) is 15.3 Å². The van der Waals surface area contributed by atoms with Gasteiger partial charge < -0.3 is 10.2 Å². The minimum atomic E-state index is -0.110. The van der Waals surface area contributed by atoms with Crippen LogP contribution in [0.3, 0.4) is 0 Å². The van der Waals surface area contributed by atoms with Crippen LogP contribution < -0.4 is 10.2 Å². The summed E-state index contributed by atoms with van der Waals surface area (Å²) in [7, 11) is 3.67. The molecule has 0 aliphatic carbocycles. The third-order valence-corrected chi connectivity index (χ3v) is 4.95. The van der Waals surface area contributed by atoms with Crippen molar-refractivity contribution >= 4 is 29.2 Å². The summed E-state index contributed by atoms with van der Waals surface area (Å²) < 4.78 is 0. The van der Waals surface area contributed by atoms with Crippen molar-refractivity contribution in [2.45, 2.75) is 31.0 Å². The zero-order chi connectivity index (χ0) is 20.0. The Morgan fingerprint density at radius 2 is 1.81 bits per heavy atom. The molecule has 0 fully saturated rings. The summed E-state index contributed by atoms with van der Waals surface area (Å²) in [5.74, 6) is 1.10. The minimum absolute atomic E-state index is 0.110. The topological polar surface area (TPSA) is 92.8 Å². The summed E-state index contributed by atoms with van der Waals surface area (Å²) in [4.78, 5) is 17.5. The highest BCUT2D eigenvalue weighted by atomic mass is 32.2. The Bertz CT molecular complexity index is 923. The smallest absolute Gasteiger partial charge is 0.221 e. The molecule has 0 bridgehead atoms. The van der Waals surface area contributed by atoms with Crippen LogP contribution in [0.1, 0.15) is 36.1 Å². The average molecular weight is 379 g/mol. The van der Waals surface area contributed by atoms with Crippen LogP contribution in [-0.2, 0) is 17.0 Å². The number of benzene rings is 1. The molecule has 0 atom stereocenters. The zero-order valence-corrected chi connectivity index (χ0v) is 16.6. The third kappa shape index (κ3) is 4.78. The van der Waals surface area contributed by atoms with E-state index in [0.717, 1.165) is 16.8 Å². The van der Waals surface area contributed by atoms with Gasteiger partial charge in [0.2, 0.25) is 5.91 Å². The molecule has 0 unspecified atom stereocenters. The predicted molar refractivity (Wildman–Crippen MR) is 108 cm³/mol. The number of nitrogens with zero attached hydrogens (tertiary/aromatic N) is 4. The van der Waals surface area contributed by atoms with Crippen molar-refractivity contribution in [3.05, 3.63) is 46.5 Å². The number of carbonyl (C=O) groups excluding carboxylic acids is 1. The number of rotatable bonds is 6. The van der Waals surface area contributed by atoms with Crippen LogP contribution in [0.2, 0.25) is 0 Å². The van der Waals surface area contributed by atoms with E-state index in [1.807, 2.05) is 45.3 Å². The maximum Gasteiger partial charge on any atom is 0.221 e. The van der Waals surface area contributed by atoms with E-state index in [1.54, 1.807) is 4.90 Å². The molecule has 1 amide bonds. The fourth-order valence-corrected chi connectivity index (χ4v) is 3.61. The molecule has 0 aliphatic heterocycles. The van der Waals surface area contributed by atoms with Crippen molar-refractivity contribution in [1.82, 2.24) is 4.98 Å². The van der Waals surface area contributed by atoms with Gasteiger partial charge in [0.1, 0.15) is 23.0 Å². The van der Waals surface area contributed by atoms with Crippen LogP contribution in [0.5, 0.6) is 0 Å². The third-order valence-electron chi connectivity index (χ3n) is 3.90. The molecule has 2 aromatic rings. The summed E-state index contributed by atoms with van der Waals surface area (Å²) in [5.41, 5.74) is 3.46. The van der Waals surface area contributed by atoms with E-state index in [1.165, 1.54) is 18.7 Å². The first-order valence-corrected chi connectivity index (χ1v) is 9.43. The second-order valence-electron chi connectivity index (χ2n) is 6.11. The Morgan fingerprint density at radius 3 is 2.30 bits per heavy atom. The van der Waals surface area contributed by atoms with Gasteiger partial charge >= 0.3 is 0 Å². The number of carbonyl (C=O) groups is 1. The highest BCUT2D eigenvalue weighted by molar-refractivity contribution is 7.98. The van der Waals surface area contributed by atoms with Gasteiger partial charge in [-0.2, -0.15) is 10.5 Å². The second kappa shape index (κ2) is 9.07. The highest BCUT2D eigenvalue weighted by Crippen LogP contribution is 2.32. The Kier molecular flexibility index (Phi) is 6.81. The lowest BCUT2D eigenvalue weighted by Gasteiger charge is -2.18. The Hall–Kier alpha value is -3.03. The molecule has 138 valence electrons. The van der Waals surface area contributed by atoms with E-state index >= 15 is 0 Å². The summed E-state index contributed by atoms with van der Waals surface area (Å²) in [5, 5.41) is 22.5. The van der Waals surface area contributed by atoms with Crippen LogP contribution in [0.4, 0.5) is 11.5 Å². The van der Waals surface area contributed by atoms with Crippen LogP contribution in [0, 0.1) is 22.7 Å². The molecule has 0 aliphatic rings. The number of hydrogen-bond donors (Lipinski definition) is 1. The van der Waals surface area contributed by atoms with Gasteiger partial charge in [-0.05, 0) is 29.7 Å². The molecule has 0 radical (unpaired) electrons. The van der Waals surface area contributed by atoms with Crippen molar-refractivity contribution in [3.8, 4) is 12.1 Å². The molecule has 0 saturated heterocycles. The summed E-state index contributed by atoms with van der Waals surface area (Å²) >= 11 is 1.47. The first kappa shape index (κ1) is 20.3. The largest absolute Gasteiger partial charge is 0.362 e. The monoisotopic (exact) mass is 379 g/mol. The number of nitriles is 2. The maximum absolute atomic E-state index is 11.1. The van der Waals surface area contributed by atoms with E-state index in [2.05, 4.69) is 22.4 Å². The average Bonchev–Trinajstić information content (AvgIpc) is 2.65. The van der Waals surface area contributed by atoms with Crippen molar-refractivity contribution in [2.24, 2.45) is 0 Å². The number of nitrogens with one attached hydrogen (secondary N) is 1. The number of pyridine rings is 1. The molecule has 6 nitrogen and oxygen atoms in total. The number of thioether (sulfide) groups is 1. The fraction of sp³-hybridized carbons (Fsp3) is 0.300. The zero-order valence-electron chi connectivity index (χ0n) is 15.8. The molecule has 1 heterocycles. The van der Waals surface area contributed by atoms with Crippen LogP contribution in [0.25, 0.3) is 0 Å². The lowest BCUT2D eigenvalue weighted by molar-refractivity contribution is -0.114. The van der Waals surface area contributed by atoms with E-state index in [4.69, 9.17) is 0 Å². The van der Waals surface area contributed by atoms with Gasteiger partial charge in [0.05, 0.1) is 11.1 Å². The van der Waals surface area contributed by atoms with Gasteiger partial charge in [0.25, 0.3) is 0 Å². The van der Waals surface area contributed by atoms with Gasteiger partial charge in [0, 0.05) is 32.5 Å². The quantitative estimate of drug-likeness (QED) is 0.769. The molecule has 1 N–H and O–H groups in total. The molecule has 7 heteroatoms. The predicted octanol–water partition coefficient (Wildman–Crippen LogP) is 3.70. The maximum atomic E-state index is 11.1. The van der Waals surface area contributed by atoms with Gasteiger partial charge in [-0.1, -0.05) is 19.1 Å². The van der Waals surface area contributed by atoms with Crippen LogP contribution >= 0.6 is 11.8 Å². The van der Waals surface area contributed by atoms with E-state index in [-0.39, 0.29) is 5.91 Å². The molecular formula is C20H21N5OS. The highest BCUT2D eigenvalue weighted by Gasteiger charge is 2.20. The molecule has 2 rings (SSSR count). The molecule has 0 spiro atoms. The van der Waals surface area contributed by atoms with Crippen molar-refractivity contribution < 1.29 is 4.79 Å². The standard InChI is InChI=1S/C20H21N5OS/c1-5-16-17(10-21)19(25(3)4)24-20(18(16)11-22)27-12-14-6-8-15(9-7-14)23-13(2)26/h6-9H,5,12H2,1-4H3,(H,23,26). The van der Waals surface area contributed by atoms with Crippen LogP contribution in [0.15, 0.2) is 29.3 Å². The summed E-state index contributed by atoms with van der Waals surface area (Å²) in [6, 6.07) is 12.0. The molecule has 1 aromatic carbocycles. The Labute approximate surface area is 163 Å². The SMILES string of the molecule is CCc1c(C#N)c(SCc2ccc(NC(C)=O)cc2)nc(N(C)C)c1C#N. The number of hydrogen-bond acceptors (Lipinski definition) is 6. The van der Waals surface area contributed by atoms with Crippen molar-refractivity contribution in [3.63, 3.8) is 0 Å². The first-order valence-electron chi connectivity index (χ1n) is 8.44. The van der Waals surface area contributed by atoms with Gasteiger partial charge in [-0.25, -0.2) is 4.98 Å². The van der Waals surface area contributed by atoms with Crippen LogP contribution in [-0.4, -0.2) is 25.0 Å². The van der Waals surface area contributed by atoms with Crippen molar-refractivity contribution in [2.75, 3.05) is 24.3 Å². The summed E-state index contributed by atoms with van der Waals surface area (Å²) in [6.45, 7) is 3.41. The van der Waals surface area contributed by atoms with Gasteiger partial charge in [0.15, 0.2) is 0 Å². The normalized spacial score (nSPS) is 10.0. The van der Waals surface area contributed by atoms with E-state index < -0.39 is 0 Å². The second-order valence-corrected chi connectivity index (χ2v) is 7.07. The molecule has 0 saturated carbocycles. The molecular weight excluding hydrogens is 358 g/mol. The lowest BCUT2D eigenvalue weighted by atomic mass is 10.0. The number of amides is 1. The number of aromatic nitrogens is 1. The Balaban J connectivity index is 2.33. The summed E-state index contributed by atoms with van der Waals surface area (Å²) in [6.07, 6.45) is 0.591. The Morgan fingerprint density at radius 1 is 1.19 bits per heavy atom. The molecule has 1 aromatic heterocycles. The van der Waals surface area contributed by atoms with Crippen molar-refractivity contribution in [1.29, 1.82) is 10.5 Å². The lowest BCUT2D eigenvalue weighted by Crippen LogP contribution is -2.15. The minimum Gasteiger partial charge on any atom is -0.362 e.